The van der Waals surface area contributed by atoms with E-state index in [0.29, 0.717) is 35.8 Å². The molecule has 0 aliphatic carbocycles. The third-order valence-electron chi connectivity index (χ3n) is 9.69. The summed E-state index contributed by atoms with van der Waals surface area (Å²) in [6.45, 7) is 3.63. The number of thioether (sulfide) groups is 1. The van der Waals surface area contributed by atoms with Crippen molar-refractivity contribution in [3.8, 4) is 11.1 Å². The standard InChI is InChI=1S/C40H43F3N6O3S/c1-27(33-23-44-45-24-33)49-39(51)21-36(53-26-32-6-5-7-34(42)40(32)43)35(46-49)20-38(50)48(37-8-3-4-17-47(37)18-19-52-2)25-29-11-15-31(16-12-29)30-13-9-28(22-41)10-14-30/h5-7,9-16,21,23-24,27,37H,3-4,8,17-20,22,25-26H2,1-2H3,(H,44,45). The molecule has 5 aromatic rings. The number of rotatable bonds is 15. The summed E-state index contributed by atoms with van der Waals surface area (Å²) in [5, 5.41) is 11.5. The zero-order valence-corrected chi connectivity index (χ0v) is 30.6. The second-order valence-corrected chi connectivity index (χ2v) is 14.2. The fourth-order valence-electron chi connectivity index (χ4n) is 6.65. The maximum atomic E-state index is 14.7. The molecule has 2 atom stereocenters. The van der Waals surface area contributed by atoms with Gasteiger partial charge in [-0.25, -0.2) is 17.9 Å². The van der Waals surface area contributed by atoms with Crippen LogP contribution in [0.25, 0.3) is 11.1 Å². The van der Waals surface area contributed by atoms with Crippen LogP contribution in [-0.2, 0) is 34.9 Å². The van der Waals surface area contributed by atoms with Gasteiger partial charge in [-0.05, 0) is 54.5 Å². The molecule has 1 fully saturated rings. The molecule has 2 aromatic heterocycles. The quantitative estimate of drug-likeness (QED) is 0.112. The van der Waals surface area contributed by atoms with E-state index >= 15 is 0 Å². The lowest BCUT2D eigenvalue weighted by molar-refractivity contribution is -0.140. The lowest BCUT2D eigenvalue weighted by Crippen LogP contribution is -2.54. The summed E-state index contributed by atoms with van der Waals surface area (Å²) >= 11 is 1.14. The highest BCUT2D eigenvalue weighted by Gasteiger charge is 2.32. The Morgan fingerprint density at radius 3 is 2.47 bits per heavy atom. The normalized spacial score (nSPS) is 15.4. The molecule has 1 N–H and O–H groups in total. The zero-order valence-electron chi connectivity index (χ0n) is 29.8. The van der Waals surface area contributed by atoms with Gasteiger partial charge in [0.05, 0.1) is 37.1 Å². The van der Waals surface area contributed by atoms with Crippen molar-refractivity contribution in [3.05, 3.63) is 135 Å². The van der Waals surface area contributed by atoms with E-state index in [9.17, 15) is 22.8 Å². The summed E-state index contributed by atoms with van der Waals surface area (Å²) in [6.07, 6.45) is 5.71. The van der Waals surface area contributed by atoms with E-state index in [1.54, 1.807) is 31.6 Å². The number of aromatic amines is 1. The van der Waals surface area contributed by atoms with Gasteiger partial charge in [0.1, 0.15) is 6.67 Å². The molecule has 3 aromatic carbocycles. The Bertz CT molecular complexity index is 2030. The highest BCUT2D eigenvalue weighted by molar-refractivity contribution is 7.98. The fourth-order valence-corrected chi connectivity index (χ4v) is 7.64. The van der Waals surface area contributed by atoms with Gasteiger partial charge in [0.25, 0.3) is 5.56 Å². The minimum absolute atomic E-state index is 0.0349. The van der Waals surface area contributed by atoms with Gasteiger partial charge < -0.3 is 9.64 Å². The molecule has 1 aliphatic rings. The molecule has 0 radical (unpaired) electrons. The van der Waals surface area contributed by atoms with Gasteiger partial charge in [0.15, 0.2) is 11.6 Å². The van der Waals surface area contributed by atoms with Crippen molar-refractivity contribution >= 4 is 17.7 Å². The molecule has 13 heteroatoms. The van der Waals surface area contributed by atoms with Gasteiger partial charge in [-0.3, -0.25) is 19.6 Å². The van der Waals surface area contributed by atoms with Crippen molar-refractivity contribution in [2.45, 2.75) is 68.7 Å². The van der Waals surface area contributed by atoms with E-state index in [2.05, 4.69) is 15.1 Å². The minimum Gasteiger partial charge on any atom is -0.383 e. The molecule has 0 spiro atoms. The van der Waals surface area contributed by atoms with Crippen LogP contribution < -0.4 is 5.56 Å². The number of H-pyrrole nitrogens is 1. The largest absolute Gasteiger partial charge is 0.383 e. The predicted molar refractivity (Wildman–Crippen MR) is 199 cm³/mol. The van der Waals surface area contributed by atoms with Crippen molar-refractivity contribution in [2.24, 2.45) is 0 Å². The smallest absolute Gasteiger partial charge is 0.268 e. The Morgan fingerprint density at radius 2 is 1.79 bits per heavy atom. The average molecular weight is 745 g/mol. The van der Waals surface area contributed by atoms with Crippen molar-refractivity contribution < 1.29 is 22.7 Å². The second-order valence-electron chi connectivity index (χ2n) is 13.2. The molecular formula is C40H43F3N6O3S. The fraction of sp³-hybridized carbons (Fsp3) is 0.350. The maximum absolute atomic E-state index is 14.7. The van der Waals surface area contributed by atoms with E-state index in [1.807, 2.05) is 48.2 Å². The second kappa shape index (κ2) is 17.9. The van der Waals surface area contributed by atoms with Crippen molar-refractivity contribution in [1.82, 2.24) is 29.8 Å². The lowest BCUT2D eigenvalue weighted by Gasteiger charge is -2.43. The molecule has 278 valence electrons. The van der Waals surface area contributed by atoms with E-state index in [1.165, 1.54) is 22.9 Å². The SMILES string of the molecule is COCCN1CCCCC1N(Cc1ccc(-c2ccc(CF)cc2)cc1)C(=O)Cc1nn(C(C)c2cn[nH]c2)c(=O)cc1SCc1cccc(F)c1F. The number of benzene rings is 3. The molecule has 9 nitrogen and oxygen atoms in total. The van der Waals surface area contributed by atoms with Gasteiger partial charge in [0, 0.05) is 60.8 Å². The van der Waals surface area contributed by atoms with Crippen LogP contribution in [0.2, 0.25) is 0 Å². The molecule has 3 heterocycles. The number of carbonyl (C=O) groups is 1. The summed E-state index contributed by atoms with van der Waals surface area (Å²) in [5.41, 5.74) is 4.34. The third kappa shape index (κ3) is 9.27. The number of likely N-dealkylation sites (tertiary alicyclic amines) is 1. The van der Waals surface area contributed by atoms with E-state index in [-0.39, 0.29) is 29.8 Å². The predicted octanol–water partition coefficient (Wildman–Crippen LogP) is 7.31. The number of carbonyl (C=O) groups excluding carboxylic acids is 1. The van der Waals surface area contributed by atoms with Crippen LogP contribution in [-0.4, -0.2) is 68.7 Å². The van der Waals surface area contributed by atoms with Gasteiger partial charge in [-0.2, -0.15) is 10.2 Å². The van der Waals surface area contributed by atoms with Gasteiger partial charge in [-0.15, -0.1) is 11.8 Å². The number of piperidine rings is 1. The molecule has 1 saturated heterocycles. The molecule has 0 saturated carbocycles. The van der Waals surface area contributed by atoms with E-state index in [0.717, 1.165) is 65.9 Å². The number of hydrogen-bond donors (Lipinski definition) is 1. The van der Waals surface area contributed by atoms with Gasteiger partial charge >= 0.3 is 0 Å². The molecule has 1 aliphatic heterocycles. The number of nitrogens with one attached hydrogen (secondary N) is 1. The molecule has 1 amide bonds. The Hall–Kier alpha value is -4.72. The number of alkyl halides is 1. The van der Waals surface area contributed by atoms with Crippen LogP contribution in [0.15, 0.2) is 94.9 Å². The van der Waals surface area contributed by atoms with Crippen molar-refractivity contribution in [1.29, 1.82) is 0 Å². The van der Waals surface area contributed by atoms with Crippen LogP contribution in [0.1, 0.15) is 60.2 Å². The first-order valence-corrected chi connectivity index (χ1v) is 18.7. The van der Waals surface area contributed by atoms with Gasteiger partial charge in [-0.1, -0.05) is 60.7 Å². The van der Waals surface area contributed by atoms with E-state index < -0.39 is 29.9 Å². The lowest BCUT2D eigenvalue weighted by atomic mass is 10.0. The first-order valence-electron chi connectivity index (χ1n) is 17.7. The first-order chi connectivity index (χ1) is 25.7. The Labute approximate surface area is 311 Å². The third-order valence-corrected chi connectivity index (χ3v) is 10.8. The molecule has 6 rings (SSSR count). The topological polar surface area (TPSA) is 96.3 Å². The number of nitrogens with zero attached hydrogens (tertiary/aromatic N) is 5. The number of aromatic nitrogens is 4. The summed E-state index contributed by atoms with van der Waals surface area (Å²) < 4.78 is 48.5. The number of hydrogen-bond acceptors (Lipinski definition) is 7. The Kier molecular flexibility index (Phi) is 12.8. The van der Waals surface area contributed by atoms with Crippen molar-refractivity contribution in [2.75, 3.05) is 26.8 Å². The number of methoxy groups -OCH3 is 1. The number of amides is 1. The summed E-state index contributed by atoms with van der Waals surface area (Å²) in [5.74, 6) is -2.05. The monoisotopic (exact) mass is 744 g/mol. The Balaban J connectivity index is 1.33. The van der Waals surface area contributed by atoms with Gasteiger partial charge in [0.2, 0.25) is 5.91 Å². The molecule has 0 bridgehead atoms. The average Bonchev–Trinajstić information content (AvgIpc) is 3.73. The molecule has 2 unspecified atom stereocenters. The van der Waals surface area contributed by atoms with Crippen LogP contribution in [0.3, 0.4) is 0 Å². The maximum Gasteiger partial charge on any atom is 0.268 e. The summed E-state index contributed by atoms with van der Waals surface area (Å²) in [7, 11) is 1.66. The van der Waals surface area contributed by atoms with Crippen molar-refractivity contribution in [3.63, 3.8) is 0 Å². The highest BCUT2D eigenvalue weighted by atomic mass is 32.2. The summed E-state index contributed by atoms with van der Waals surface area (Å²) in [6, 6.07) is 20.3. The van der Waals surface area contributed by atoms with Crippen LogP contribution in [0.4, 0.5) is 13.2 Å². The Morgan fingerprint density at radius 1 is 1.06 bits per heavy atom. The van der Waals surface area contributed by atoms with Crippen LogP contribution in [0.5, 0.6) is 0 Å². The molecular weight excluding hydrogens is 702 g/mol. The van der Waals surface area contributed by atoms with E-state index in [4.69, 9.17) is 9.84 Å². The zero-order chi connectivity index (χ0) is 37.3. The summed E-state index contributed by atoms with van der Waals surface area (Å²) in [4.78, 5) is 32.7. The minimum atomic E-state index is -0.954. The molecule has 53 heavy (non-hydrogen) atoms. The van der Waals surface area contributed by atoms with Crippen LogP contribution in [0, 0.1) is 11.6 Å². The highest BCUT2D eigenvalue weighted by Crippen LogP contribution is 2.30. The van der Waals surface area contributed by atoms with Crippen LogP contribution >= 0.6 is 11.8 Å². The number of halogens is 3. The first kappa shape index (κ1) is 38.0. The number of ether oxygens (including phenoxy) is 1.